The van der Waals surface area contributed by atoms with Crippen LogP contribution >= 0.6 is 15.9 Å². The summed E-state index contributed by atoms with van der Waals surface area (Å²) in [6.07, 6.45) is 0. The number of halogens is 2. The number of hydrogen-bond acceptors (Lipinski definition) is 3. The summed E-state index contributed by atoms with van der Waals surface area (Å²) in [4.78, 5) is 12.0. The SMILES string of the molecule is N#Cc1ccc(NC(=O)c2cc(N)cc(F)c2)c(Br)c1. The number of amides is 1. The fourth-order valence-electron chi connectivity index (χ4n) is 1.62. The van der Waals surface area contributed by atoms with Gasteiger partial charge in [-0.3, -0.25) is 4.79 Å². The number of nitrogens with one attached hydrogen (secondary N) is 1. The highest BCUT2D eigenvalue weighted by Crippen LogP contribution is 2.24. The van der Waals surface area contributed by atoms with E-state index in [-0.39, 0.29) is 11.3 Å². The second kappa shape index (κ2) is 5.72. The van der Waals surface area contributed by atoms with Crippen LogP contribution in [0.2, 0.25) is 0 Å². The molecule has 3 N–H and O–H groups in total. The Morgan fingerprint density at radius 2 is 2.05 bits per heavy atom. The van der Waals surface area contributed by atoms with Gasteiger partial charge >= 0.3 is 0 Å². The van der Waals surface area contributed by atoms with Crippen molar-refractivity contribution in [1.82, 2.24) is 0 Å². The van der Waals surface area contributed by atoms with Crippen LogP contribution < -0.4 is 11.1 Å². The average molecular weight is 334 g/mol. The molecule has 0 spiro atoms. The van der Waals surface area contributed by atoms with Gasteiger partial charge in [0, 0.05) is 15.7 Å². The number of benzene rings is 2. The Hall–Kier alpha value is -2.39. The van der Waals surface area contributed by atoms with Crippen molar-refractivity contribution in [1.29, 1.82) is 5.26 Å². The van der Waals surface area contributed by atoms with Crippen LogP contribution in [0.3, 0.4) is 0 Å². The molecule has 0 unspecified atom stereocenters. The van der Waals surface area contributed by atoms with Crippen LogP contribution in [0.25, 0.3) is 0 Å². The number of nitriles is 1. The first-order chi connectivity index (χ1) is 9.49. The molecule has 0 atom stereocenters. The maximum atomic E-state index is 13.2. The molecular weight excluding hydrogens is 325 g/mol. The average Bonchev–Trinajstić information content (AvgIpc) is 2.39. The summed E-state index contributed by atoms with van der Waals surface area (Å²) in [6, 6.07) is 10.3. The van der Waals surface area contributed by atoms with E-state index >= 15 is 0 Å². The Labute approximate surface area is 123 Å². The van der Waals surface area contributed by atoms with Crippen LogP contribution in [0, 0.1) is 17.1 Å². The van der Waals surface area contributed by atoms with E-state index in [0.717, 1.165) is 12.1 Å². The normalized spacial score (nSPS) is 9.85. The van der Waals surface area contributed by atoms with Crippen LogP contribution in [0.15, 0.2) is 40.9 Å². The van der Waals surface area contributed by atoms with Crippen molar-refractivity contribution in [2.45, 2.75) is 0 Å². The molecule has 6 heteroatoms. The number of nitrogen functional groups attached to an aromatic ring is 1. The lowest BCUT2D eigenvalue weighted by molar-refractivity contribution is 0.102. The van der Waals surface area contributed by atoms with Crippen molar-refractivity contribution in [3.8, 4) is 6.07 Å². The summed E-state index contributed by atoms with van der Waals surface area (Å²) in [5.74, 6) is -1.06. The van der Waals surface area contributed by atoms with Crippen molar-refractivity contribution in [3.05, 3.63) is 57.8 Å². The minimum absolute atomic E-state index is 0.124. The van der Waals surface area contributed by atoms with Crippen LogP contribution in [0.5, 0.6) is 0 Å². The third-order valence-corrected chi connectivity index (χ3v) is 3.18. The van der Waals surface area contributed by atoms with Crippen molar-refractivity contribution in [2.24, 2.45) is 0 Å². The first-order valence-corrected chi connectivity index (χ1v) is 6.36. The molecule has 0 heterocycles. The molecule has 2 aromatic carbocycles. The molecule has 2 rings (SSSR count). The standard InChI is InChI=1S/C14H9BrFN3O/c15-12-3-8(7-17)1-2-13(12)19-14(20)9-4-10(16)6-11(18)5-9/h1-6H,18H2,(H,19,20). The first-order valence-electron chi connectivity index (χ1n) is 5.56. The molecular formula is C14H9BrFN3O. The summed E-state index contributed by atoms with van der Waals surface area (Å²) in [5.41, 5.74) is 6.74. The van der Waals surface area contributed by atoms with Gasteiger partial charge in [-0.05, 0) is 52.3 Å². The number of anilines is 2. The fourth-order valence-corrected chi connectivity index (χ4v) is 2.10. The third-order valence-electron chi connectivity index (χ3n) is 2.53. The van der Waals surface area contributed by atoms with Gasteiger partial charge in [0.05, 0.1) is 17.3 Å². The van der Waals surface area contributed by atoms with E-state index in [1.54, 1.807) is 18.2 Å². The molecule has 0 aliphatic rings. The molecule has 0 aliphatic heterocycles. The Kier molecular flexibility index (Phi) is 4.01. The van der Waals surface area contributed by atoms with E-state index in [0.29, 0.717) is 15.7 Å². The van der Waals surface area contributed by atoms with E-state index in [1.807, 2.05) is 6.07 Å². The summed E-state index contributed by atoms with van der Waals surface area (Å²) in [6.45, 7) is 0. The number of nitrogens with zero attached hydrogens (tertiary/aromatic N) is 1. The van der Waals surface area contributed by atoms with Gasteiger partial charge < -0.3 is 11.1 Å². The fraction of sp³-hybridized carbons (Fsp3) is 0. The van der Waals surface area contributed by atoms with Gasteiger partial charge in [0.1, 0.15) is 5.82 Å². The topological polar surface area (TPSA) is 78.9 Å². The maximum absolute atomic E-state index is 13.2. The van der Waals surface area contributed by atoms with Crippen molar-refractivity contribution < 1.29 is 9.18 Å². The predicted molar refractivity (Wildman–Crippen MR) is 77.6 cm³/mol. The molecule has 0 saturated heterocycles. The number of carbonyl (C=O) groups excluding carboxylic acids is 1. The quantitative estimate of drug-likeness (QED) is 0.827. The minimum Gasteiger partial charge on any atom is -0.399 e. The van der Waals surface area contributed by atoms with E-state index in [2.05, 4.69) is 21.2 Å². The van der Waals surface area contributed by atoms with Crippen LogP contribution in [0.4, 0.5) is 15.8 Å². The van der Waals surface area contributed by atoms with Gasteiger partial charge in [-0.25, -0.2) is 4.39 Å². The lowest BCUT2D eigenvalue weighted by Crippen LogP contribution is -2.13. The van der Waals surface area contributed by atoms with Gasteiger partial charge in [0.15, 0.2) is 0 Å². The number of nitrogens with two attached hydrogens (primary N) is 1. The zero-order valence-corrected chi connectivity index (χ0v) is 11.7. The lowest BCUT2D eigenvalue weighted by Gasteiger charge is -2.08. The highest BCUT2D eigenvalue weighted by Gasteiger charge is 2.10. The van der Waals surface area contributed by atoms with Crippen LogP contribution in [0.1, 0.15) is 15.9 Å². The van der Waals surface area contributed by atoms with Gasteiger partial charge in [-0.2, -0.15) is 5.26 Å². The summed E-state index contributed by atoms with van der Waals surface area (Å²) < 4.78 is 13.8. The van der Waals surface area contributed by atoms with E-state index in [4.69, 9.17) is 11.0 Å². The minimum atomic E-state index is -0.575. The molecule has 0 aromatic heterocycles. The van der Waals surface area contributed by atoms with Crippen LogP contribution in [-0.2, 0) is 0 Å². The number of hydrogen-bond donors (Lipinski definition) is 2. The highest BCUT2D eigenvalue weighted by molar-refractivity contribution is 9.10. The smallest absolute Gasteiger partial charge is 0.255 e. The zero-order chi connectivity index (χ0) is 14.7. The van der Waals surface area contributed by atoms with Crippen LogP contribution in [-0.4, -0.2) is 5.91 Å². The second-order valence-electron chi connectivity index (χ2n) is 4.03. The molecule has 0 radical (unpaired) electrons. The lowest BCUT2D eigenvalue weighted by atomic mass is 10.1. The maximum Gasteiger partial charge on any atom is 0.255 e. The molecule has 1 amide bonds. The molecule has 0 bridgehead atoms. The molecule has 0 fully saturated rings. The molecule has 0 aliphatic carbocycles. The Balaban J connectivity index is 2.26. The van der Waals surface area contributed by atoms with Crippen molar-refractivity contribution in [2.75, 3.05) is 11.1 Å². The van der Waals surface area contributed by atoms with Gasteiger partial charge in [-0.15, -0.1) is 0 Å². The van der Waals surface area contributed by atoms with Gasteiger partial charge in [0.25, 0.3) is 5.91 Å². The Bertz CT molecular complexity index is 705. The number of carbonyl (C=O) groups is 1. The molecule has 2 aromatic rings. The summed E-state index contributed by atoms with van der Waals surface area (Å²) >= 11 is 3.25. The Morgan fingerprint density at radius 1 is 1.30 bits per heavy atom. The summed E-state index contributed by atoms with van der Waals surface area (Å²) in [5, 5.41) is 11.4. The first kappa shape index (κ1) is 14.0. The summed E-state index contributed by atoms with van der Waals surface area (Å²) in [7, 11) is 0. The highest BCUT2D eigenvalue weighted by atomic mass is 79.9. The zero-order valence-electron chi connectivity index (χ0n) is 10.2. The molecule has 0 saturated carbocycles. The molecule has 4 nitrogen and oxygen atoms in total. The van der Waals surface area contributed by atoms with E-state index in [9.17, 15) is 9.18 Å². The number of rotatable bonds is 2. The Morgan fingerprint density at radius 3 is 2.65 bits per heavy atom. The molecule has 20 heavy (non-hydrogen) atoms. The third kappa shape index (κ3) is 3.13. The van der Waals surface area contributed by atoms with Gasteiger partial charge in [-0.1, -0.05) is 0 Å². The van der Waals surface area contributed by atoms with Gasteiger partial charge in [0.2, 0.25) is 0 Å². The predicted octanol–water partition coefficient (Wildman–Crippen LogP) is 3.29. The largest absolute Gasteiger partial charge is 0.399 e. The van der Waals surface area contributed by atoms with E-state index in [1.165, 1.54) is 6.07 Å². The second-order valence-corrected chi connectivity index (χ2v) is 4.89. The van der Waals surface area contributed by atoms with E-state index < -0.39 is 11.7 Å². The molecule has 100 valence electrons. The monoisotopic (exact) mass is 333 g/mol. The van der Waals surface area contributed by atoms with Crippen molar-refractivity contribution >= 4 is 33.2 Å². The van der Waals surface area contributed by atoms with Crippen molar-refractivity contribution in [3.63, 3.8) is 0 Å².